The highest BCUT2D eigenvalue weighted by Gasteiger charge is 2.33. The maximum absolute atomic E-state index is 11.8. The Morgan fingerprint density at radius 1 is 1.28 bits per heavy atom. The van der Waals surface area contributed by atoms with Gasteiger partial charge in [-0.15, -0.1) is 0 Å². The van der Waals surface area contributed by atoms with Crippen LogP contribution < -0.4 is 4.74 Å². The zero-order chi connectivity index (χ0) is 13.3. The first-order valence-corrected chi connectivity index (χ1v) is 6.41. The van der Waals surface area contributed by atoms with Crippen molar-refractivity contribution >= 4 is 17.4 Å². The lowest BCUT2D eigenvalue weighted by Crippen LogP contribution is -2.26. The van der Waals surface area contributed by atoms with Gasteiger partial charge >= 0.3 is 0 Å². The molecule has 0 aliphatic heterocycles. The minimum absolute atomic E-state index is 0.0319. The lowest BCUT2D eigenvalue weighted by atomic mass is 9.79. The molecule has 0 aromatic heterocycles. The summed E-state index contributed by atoms with van der Waals surface area (Å²) < 4.78 is 5.78. The van der Waals surface area contributed by atoms with Crippen molar-refractivity contribution in [3.63, 3.8) is 0 Å². The summed E-state index contributed by atoms with van der Waals surface area (Å²) in [6, 6.07) is 7.73. The van der Waals surface area contributed by atoms with Gasteiger partial charge in [0.2, 0.25) is 0 Å². The molecule has 18 heavy (non-hydrogen) atoms. The fourth-order valence-electron chi connectivity index (χ4n) is 2.14. The number of Topliss-reactive ketones (excluding diaryl/α,β-unsaturated/α-hetero) is 1. The molecule has 2 rings (SSSR count). The van der Waals surface area contributed by atoms with E-state index < -0.39 is 0 Å². The Kier molecular flexibility index (Phi) is 3.49. The summed E-state index contributed by atoms with van der Waals surface area (Å²) in [6.07, 6.45) is 1.16. The summed E-state index contributed by atoms with van der Waals surface area (Å²) in [5, 5.41) is 0.246. The van der Waals surface area contributed by atoms with Crippen molar-refractivity contribution < 1.29 is 9.53 Å². The van der Waals surface area contributed by atoms with Crippen LogP contribution in [0.25, 0.3) is 0 Å². The molecule has 0 atom stereocenters. The Bertz CT molecular complexity index is 515. The van der Waals surface area contributed by atoms with Crippen molar-refractivity contribution in [1.29, 1.82) is 0 Å². The van der Waals surface area contributed by atoms with Crippen LogP contribution in [0.15, 0.2) is 35.1 Å². The molecule has 0 spiro atoms. The lowest BCUT2D eigenvalue weighted by molar-refractivity contribution is -0.117. The van der Waals surface area contributed by atoms with Crippen LogP contribution >= 0.6 is 11.6 Å². The molecule has 96 valence electrons. The van der Waals surface area contributed by atoms with Crippen molar-refractivity contribution in [3.05, 3.63) is 40.6 Å². The second-order valence-corrected chi connectivity index (χ2v) is 5.97. The van der Waals surface area contributed by atoms with Crippen molar-refractivity contribution in [3.8, 4) is 5.75 Å². The monoisotopic (exact) mass is 264 g/mol. The van der Waals surface area contributed by atoms with E-state index in [-0.39, 0.29) is 16.2 Å². The van der Waals surface area contributed by atoms with E-state index in [1.807, 2.05) is 45.0 Å². The fourth-order valence-corrected chi connectivity index (χ4v) is 2.32. The van der Waals surface area contributed by atoms with Crippen LogP contribution in [0.2, 0.25) is 0 Å². The number of aryl methyl sites for hydroxylation is 1. The molecule has 1 aliphatic rings. The minimum atomic E-state index is -0.0887. The summed E-state index contributed by atoms with van der Waals surface area (Å²) in [7, 11) is 0. The Morgan fingerprint density at radius 3 is 2.67 bits per heavy atom. The minimum Gasteiger partial charge on any atom is -0.460 e. The van der Waals surface area contributed by atoms with E-state index in [4.69, 9.17) is 16.3 Å². The molecule has 0 radical (unpaired) electrons. The molecule has 0 bridgehead atoms. The smallest absolute Gasteiger partial charge is 0.178 e. The van der Waals surface area contributed by atoms with Gasteiger partial charge in [0.1, 0.15) is 16.5 Å². The number of hydrogen-bond acceptors (Lipinski definition) is 2. The molecule has 0 saturated carbocycles. The van der Waals surface area contributed by atoms with Crippen molar-refractivity contribution in [2.45, 2.75) is 33.6 Å². The largest absolute Gasteiger partial charge is 0.460 e. The Morgan fingerprint density at radius 2 is 2.00 bits per heavy atom. The third kappa shape index (κ3) is 2.94. The third-order valence-electron chi connectivity index (χ3n) is 3.00. The molecule has 3 heteroatoms. The molecule has 0 fully saturated rings. The van der Waals surface area contributed by atoms with E-state index in [1.165, 1.54) is 0 Å². The predicted octanol–water partition coefficient (Wildman–Crippen LogP) is 4.21. The molecule has 0 heterocycles. The molecule has 1 aliphatic carbocycles. The number of rotatable bonds is 2. The van der Waals surface area contributed by atoms with E-state index >= 15 is 0 Å². The first kappa shape index (κ1) is 13.2. The highest BCUT2D eigenvalue weighted by molar-refractivity contribution is 6.43. The summed E-state index contributed by atoms with van der Waals surface area (Å²) >= 11 is 6.06. The van der Waals surface area contributed by atoms with Gasteiger partial charge in [0.05, 0.1) is 0 Å². The summed E-state index contributed by atoms with van der Waals surface area (Å²) in [5.41, 5.74) is 1.03. The van der Waals surface area contributed by atoms with Gasteiger partial charge in [0, 0.05) is 12.8 Å². The maximum Gasteiger partial charge on any atom is 0.178 e. The topological polar surface area (TPSA) is 26.3 Å². The highest BCUT2D eigenvalue weighted by Crippen LogP contribution is 2.38. The zero-order valence-electron chi connectivity index (χ0n) is 10.9. The number of benzene rings is 1. The Balaban J connectivity index is 2.27. The summed E-state index contributed by atoms with van der Waals surface area (Å²) in [4.78, 5) is 11.8. The number of carbonyl (C=O) groups excluding carboxylic acids is 1. The summed E-state index contributed by atoms with van der Waals surface area (Å²) in [6.45, 7) is 6.10. The van der Waals surface area contributed by atoms with Gasteiger partial charge in [-0.2, -0.15) is 0 Å². The molecule has 2 nitrogen and oxygen atoms in total. The second kappa shape index (κ2) is 4.77. The molecule has 0 saturated heterocycles. The first-order valence-electron chi connectivity index (χ1n) is 6.04. The van der Waals surface area contributed by atoms with Gasteiger partial charge < -0.3 is 4.74 Å². The number of ether oxygens (including phenoxy) is 1. The van der Waals surface area contributed by atoms with Crippen LogP contribution in [-0.2, 0) is 4.79 Å². The molecule has 0 amide bonds. The number of hydrogen-bond donors (Lipinski definition) is 0. The van der Waals surface area contributed by atoms with E-state index in [0.717, 1.165) is 11.3 Å². The van der Waals surface area contributed by atoms with Crippen molar-refractivity contribution in [2.24, 2.45) is 5.41 Å². The van der Waals surface area contributed by atoms with Gasteiger partial charge in [-0.05, 0) is 30.0 Å². The molecule has 0 N–H and O–H groups in total. The lowest BCUT2D eigenvalue weighted by Gasteiger charge is -2.29. The van der Waals surface area contributed by atoms with E-state index in [2.05, 4.69) is 0 Å². The fraction of sp³-hybridized carbons (Fsp3) is 0.400. The van der Waals surface area contributed by atoms with Crippen LogP contribution in [0, 0.1) is 12.3 Å². The van der Waals surface area contributed by atoms with Gasteiger partial charge in [-0.1, -0.05) is 37.6 Å². The van der Waals surface area contributed by atoms with Gasteiger partial charge in [-0.25, -0.2) is 0 Å². The first-order chi connectivity index (χ1) is 8.37. The number of carbonyl (C=O) groups is 1. The van der Waals surface area contributed by atoms with Crippen LogP contribution in [0.3, 0.4) is 0 Å². The predicted molar refractivity (Wildman–Crippen MR) is 72.7 cm³/mol. The molecule has 0 unspecified atom stereocenters. The van der Waals surface area contributed by atoms with Crippen molar-refractivity contribution in [1.82, 2.24) is 0 Å². The normalized spacial score (nSPS) is 19.0. The SMILES string of the molecule is Cc1cccc(OC2=C(Cl)C(=O)CC(C)(C)C2)c1. The standard InChI is InChI=1S/C15H17ClO2/c1-10-5-4-6-11(7-10)18-13-9-15(2,3)8-12(17)14(13)16/h4-7H,8-9H2,1-3H3. The molecular weight excluding hydrogens is 248 g/mol. The number of ketones is 1. The number of allylic oxidation sites excluding steroid dienone is 2. The Labute approximate surface area is 113 Å². The van der Waals surface area contributed by atoms with Crippen LogP contribution in [0.5, 0.6) is 5.75 Å². The summed E-state index contributed by atoms with van der Waals surface area (Å²) in [5.74, 6) is 1.28. The average molecular weight is 265 g/mol. The molecule has 1 aromatic carbocycles. The quantitative estimate of drug-likeness (QED) is 0.800. The van der Waals surface area contributed by atoms with E-state index in [9.17, 15) is 4.79 Å². The number of halogens is 1. The van der Waals surface area contributed by atoms with Gasteiger partial charge in [0.25, 0.3) is 0 Å². The Hall–Kier alpha value is -1.28. The van der Waals surface area contributed by atoms with Crippen LogP contribution in [0.1, 0.15) is 32.3 Å². The van der Waals surface area contributed by atoms with E-state index in [1.54, 1.807) is 0 Å². The van der Waals surface area contributed by atoms with Crippen LogP contribution in [-0.4, -0.2) is 5.78 Å². The van der Waals surface area contributed by atoms with E-state index in [0.29, 0.717) is 18.6 Å². The molecule has 1 aromatic rings. The van der Waals surface area contributed by atoms with Gasteiger partial charge in [0.15, 0.2) is 5.78 Å². The zero-order valence-corrected chi connectivity index (χ0v) is 11.7. The van der Waals surface area contributed by atoms with Gasteiger partial charge in [-0.3, -0.25) is 4.79 Å². The highest BCUT2D eigenvalue weighted by atomic mass is 35.5. The van der Waals surface area contributed by atoms with Crippen molar-refractivity contribution in [2.75, 3.05) is 0 Å². The molecular formula is C15H17ClO2. The maximum atomic E-state index is 11.8. The van der Waals surface area contributed by atoms with Crippen LogP contribution in [0.4, 0.5) is 0 Å². The average Bonchev–Trinajstić information content (AvgIpc) is 2.24. The second-order valence-electron chi connectivity index (χ2n) is 5.60. The third-order valence-corrected chi connectivity index (χ3v) is 3.42.